The average molecular weight is 219 g/mol. The Hall–Kier alpha value is -1.39. The fraction of sp³-hybridized carbons (Fsp3) is 0.417. The van der Waals surface area contributed by atoms with Gasteiger partial charge in [-0.25, -0.2) is 0 Å². The third-order valence-corrected chi connectivity index (χ3v) is 2.43. The lowest BCUT2D eigenvalue weighted by molar-refractivity contribution is 0.171. The standard InChI is InChI=1S/C12H17N3O/c13-5-4-10-2-1-3-11(8-10)15-12-9-16-7-6-14-12/h1-3,8H,4-7,9,13H2,(H,14,15). The van der Waals surface area contributed by atoms with Crippen molar-refractivity contribution in [3.63, 3.8) is 0 Å². The quantitative estimate of drug-likeness (QED) is 0.798. The first-order chi connectivity index (χ1) is 7.88. The number of aliphatic imine (C=N–C) groups is 1. The molecule has 0 aromatic heterocycles. The van der Waals surface area contributed by atoms with E-state index in [1.807, 2.05) is 12.1 Å². The van der Waals surface area contributed by atoms with E-state index in [1.54, 1.807) is 0 Å². The molecule has 1 aromatic rings. The topological polar surface area (TPSA) is 59.6 Å². The molecule has 0 radical (unpaired) electrons. The van der Waals surface area contributed by atoms with Crippen LogP contribution in [-0.4, -0.2) is 32.1 Å². The molecule has 1 aromatic carbocycles. The minimum absolute atomic E-state index is 0.571. The van der Waals surface area contributed by atoms with Gasteiger partial charge < -0.3 is 15.8 Å². The summed E-state index contributed by atoms with van der Waals surface area (Å²) in [6.45, 7) is 2.71. The van der Waals surface area contributed by atoms with Gasteiger partial charge in [-0.3, -0.25) is 4.99 Å². The van der Waals surface area contributed by atoms with E-state index >= 15 is 0 Å². The molecule has 0 unspecified atom stereocenters. The molecule has 0 spiro atoms. The summed E-state index contributed by atoms with van der Waals surface area (Å²) in [6, 6.07) is 8.23. The molecule has 0 amide bonds. The molecule has 1 heterocycles. The fourth-order valence-electron chi connectivity index (χ4n) is 1.67. The van der Waals surface area contributed by atoms with Crippen LogP contribution in [0.2, 0.25) is 0 Å². The Morgan fingerprint density at radius 3 is 3.12 bits per heavy atom. The van der Waals surface area contributed by atoms with E-state index in [0.717, 1.165) is 31.1 Å². The van der Waals surface area contributed by atoms with E-state index in [1.165, 1.54) is 5.56 Å². The van der Waals surface area contributed by atoms with Gasteiger partial charge in [0.15, 0.2) is 0 Å². The molecule has 0 bridgehead atoms. The molecule has 1 aliphatic rings. The zero-order valence-corrected chi connectivity index (χ0v) is 9.28. The lowest BCUT2D eigenvalue weighted by Gasteiger charge is -2.15. The maximum atomic E-state index is 5.53. The first-order valence-electron chi connectivity index (χ1n) is 5.55. The normalized spacial score (nSPS) is 15.7. The van der Waals surface area contributed by atoms with Crippen molar-refractivity contribution in [2.75, 3.05) is 31.6 Å². The Morgan fingerprint density at radius 2 is 2.38 bits per heavy atom. The number of hydrogen-bond donors (Lipinski definition) is 2. The minimum atomic E-state index is 0.571. The Balaban J connectivity index is 2.02. The van der Waals surface area contributed by atoms with Gasteiger partial charge in [-0.15, -0.1) is 0 Å². The first kappa shape index (κ1) is 11.1. The predicted molar refractivity (Wildman–Crippen MR) is 65.9 cm³/mol. The summed E-state index contributed by atoms with van der Waals surface area (Å²) in [4.78, 5) is 4.36. The number of nitrogens with zero attached hydrogens (tertiary/aromatic N) is 1. The lowest BCUT2D eigenvalue weighted by Crippen LogP contribution is -2.24. The molecular weight excluding hydrogens is 202 g/mol. The van der Waals surface area contributed by atoms with Gasteiger partial charge in [-0.1, -0.05) is 12.1 Å². The average Bonchev–Trinajstić information content (AvgIpc) is 2.31. The molecule has 4 nitrogen and oxygen atoms in total. The summed E-state index contributed by atoms with van der Waals surface area (Å²) >= 11 is 0. The molecule has 0 fully saturated rings. The van der Waals surface area contributed by atoms with Crippen molar-refractivity contribution in [2.45, 2.75) is 6.42 Å². The molecule has 3 N–H and O–H groups in total. The van der Waals surface area contributed by atoms with Gasteiger partial charge in [-0.05, 0) is 30.7 Å². The Labute approximate surface area is 95.5 Å². The highest BCUT2D eigenvalue weighted by atomic mass is 16.5. The number of benzene rings is 1. The largest absolute Gasteiger partial charge is 0.372 e. The number of rotatable bonds is 3. The highest BCUT2D eigenvalue weighted by molar-refractivity contribution is 5.96. The molecule has 4 heteroatoms. The molecule has 0 saturated carbocycles. The number of hydrogen-bond acceptors (Lipinski definition) is 4. The monoisotopic (exact) mass is 219 g/mol. The number of nitrogens with two attached hydrogens (primary N) is 1. The predicted octanol–water partition coefficient (Wildman–Crippen LogP) is 1.03. The summed E-state index contributed by atoms with van der Waals surface area (Å²) in [6.07, 6.45) is 0.901. The summed E-state index contributed by atoms with van der Waals surface area (Å²) in [5, 5.41) is 3.26. The maximum Gasteiger partial charge on any atom is 0.127 e. The second-order valence-electron chi connectivity index (χ2n) is 3.75. The molecule has 0 atom stereocenters. The van der Waals surface area contributed by atoms with Crippen molar-refractivity contribution in [1.29, 1.82) is 0 Å². The molecule has 0 saturated heterocycles. The van der Waals surface area contributed by atoms with Gasteiger partial charge in [0.05, 0.1) is 13.2 Å². The summed E-state index contributed by atoms with van der Waals surface area (Å²) in [5.74, 6) is 0.899. The van der Waals surface area contributed by atoms with Crippen LogP contribution in [0, 0.1) is 0 Å². The van der Waals surface area contributed by atoms with Crippen molar-refractivity contribution in [1.82, 2.24) is 0 Å². The summed E-state index contributed by atoms with van der Waals surface area (Å²) in [5.41, 5.74) is 7.82. The van der Waals surface area contributed by atoms with Crippen LogP contribution < -0.4 is 11.1 Å². The van der Waals surface area contributed by atoms with Gasteiger partial charge in [0.25, 0.3) is 0 Å². The number of nitrogens with one attached hydrogen (secondary N) is 1. The Kier molecular flexibility index (Phi) is 3.91. The Bertz CT molecular complexity index is 376. The van der Waals surface area contributed by atoms with Gasteiger partial charge >= 0.3 is 0 Å². The van der Waals surface area contributed by atoms with Crippen molar-refractivity contribution in [2.24, 2.45) is 10.7 Å². The SMILES string of the molecule is NCCc1cccc(NC2=NCCOC2)c1. The van der Waals surface area contributed by atoms with Crippen LogP contribution in [0.5, 0.6) is 0 Å². The van der Waals surface area contributed by atoms with Crippen molar-refractivity contribution in [3.05, 3.63) is 29.8 Å². The Morgan fingerprint density at radius 1 is 1.44 bits per heavy atom. The fourth-order valence-corrected chi connectivity index (χ4v) is 1.67. The highest BCUT2D eigenvalue weighted by Crippen LogP contribution is 2.11. The molecular formula is C12H17N3O. The first-order valence-corrected chi connectivity index (χ1v) is 5.55. The third kappa shape index (κ3) is 3.05. The van der Waals surface area contributed by atoms with Gasteiger partial charge in [0.1, 0.15) is 12.4 Å². The van der Waals surface area contributed by atoms with Crippen LogP contribution in [-0.2, 0) is 11.2 Å². The number of ether oxygens (including phenoxy) is 1. The van der Waals surface area contributed by atoms with Crippen molar-refractivity contribution >= 4 is 11.5 Å². The van der Waals surface area contributed by atoms with E-state index in [-0.39, 0.29) is 0 Å². The lowest BCUT2D eigenvalue weighted by atomic mass is 10.1. The van der Waals surface area contributed by atoms with E-state index in [2.05, 4.69) is 22.4 Å². The molecule has 2 rings (SSSR count). The molecule has 16 heavy (non-hydrogen) atoms. The van der Waals surface area contributed by atoms with E-state index in [4.69, 9.17) is 10.5 Å². The smallest absolute Gasteiger partial charge is 0.127 e. The summed E-state index contributed by atoms with van der Waals surface area (Å²) < 4.78 is 5.32. The second-order valence-corrected chi connectivity index (χ2v) is 3.75. The molecule has 1 aliphatic heterocycles. The maximum absolute atomic E-state index is 5.53. The molecule has 86 valence electrons. The van der Waals surface area contributed by atoms with Crippen LogP contribution in [0.4, 0.5) is 5.69 Å². The van der Waals surface area contributed by atoms with Gasteiger partial charge in [0.2, 0.25) is 0 Å². The van der Waals surface area contributed by atoms with Gasteiger partial charge in [0, 0.05) is 5.69 Å². The highest BCUT2D eigenvalue weighted by Gasteiger charge is 2.05. The van der Waals surface area contributed by atoms with E-state index in [0.29, 0.717) is 13.2 Å². The van der Waals surface area contributed by atoms with Crippen LogP contribution >= 0.6 is 0 Å². The van der Waals surface area contributed by atoms with Gasteiger partial charge in [-0.2, -0.15) is 0 Å². The third-order valence-electron chi connectivity index (χ3n) is 2.43. The van der Waals surface area contributed by atoms with Crippen LogP contribution in [0.25, 0.3) is 0 Å². The van der Waals surface area contributed by atoms with E-state index < -0.39 is 0 Å². The number of amidine groups is 1. The van der Waals surface area contributed by atoms with Crippen molar-refractivity contribution in [3.8, 4) is 0 Å². The van der Waals surface area contributed by atoms with E-state index in [9.17, 15) is 0 Å². The molecule has 0 aliphatic carbocycles. The van der Waals surface area contributed by atoms with Crippen LogP contribution in [0.3, 0.4) is 0 Å². The van der Waals surface area contributed by atoms with Crippen LogP contribution in [0.15, 0.2) is 29.3 Å². The zero-order valence-electron chi connectivity index (χ0n) is 9.28. The minimum Gasteiger partial charge on any atom is -0.372 e. The van der Waals surface area contributed by atoms with Crippen molar-refractivity contribution < 1.29 is 4.74 Å². The summed E-state index contributed by atoms with van der Waals surface area (Å²) in [7, 11) is 0. The van der Waals surface area contributed by atoms with Crippen LogP contribution in [0.1, 0.15) is 5.56 Å². The zero-order chi connectivity index (χ0) is 11.2. The second kappa shape index (κ2) is 5.63. The number of anilines is 1.